The lowest BCUT2D eigenvalue weighted by molar-refractivity contribution is -0.133. The minimum atomic E-state index is -3.24. The average molecular weight is 769 g/mol. The fourth-order valence-electron chi connectivity index (χ4n) is 5.40. The lowest BCUT2D eigenvalue weighted by atomic mass is 10.1. The van der Waals surface area contributed by atoms with Gasteiger partial charge in [0.2, 0.25) is 0 Å². The Hall–Kier alpha value is -3.72. The third-order valence-corrected chi connectivity index (χ3v) is 9.98. The highest BCUT2D eigenvalue weighted by Gasteiger charge is 2.48. The van der Waals surface area contributed by atoms with Gasteiger partial charge in [-0.25, -0.2) is 0 Å². The van der Waals surface area contributed by atoms with Gasteiger partial charge in [0, 0.05) is 45.9 Å². The summed E-state index contributed by atoms with van der Waals surface area (Å²) in [5.41, 5.74) is -3.84. The smallest absolute Gasteiger partial charge is 0.316 e. The van der Waals surface area contributed by atoms with E-state index in [1.54, 1.807) is 6.92 Å². The average Bonchev–Trinajstić information content (AvgIpc) is 2.91. The molecule has 3 aromatic rings. The standard InChI is InChI=1S/C45H68O8S/c1-20-37(46)53-54(32-24-22-21-23-25-32,38-33(49-42(8,9)10)26-30(47-40(2,3)4)27-34(38)50-43(11,12)13)39-35(51-44(14,15)16)28-31(48-41(5,6)7)29-36(39)52-45(17,18)19/h21-29H,20H2,1-19H3. The third-order valence-electron chi connectivity index (χ3n) is 6.66. The molecule has 0 saturated heterocycles. The van der Waals surface area contributed by atoms with Crippen molar-refractivity contribution in [3.05, 3.63) is 54.6 Å². The van der Waals surface area contributed by atoms with E-state index in [2.05, 4.69) is 0 Å². The van der Waals surface area contributed by atoms with Gasteiger partial charge in [-0.05, 0) is 137 Å². The van der Waals surface area contributed by atoms with E-state index in [9.17, 15) is 4.79 Å². The summed E-state index contributed by atoms with van der Waals surface area (Å²) in [5.74, 6) is 2.40. The lowest BCUT2D eigenvalue weighted by Gasteiger charge is -2.44. The van der Waals surface area contributed by atoms with E-state index in [4.69, 9.17) is 32.6 Å². The number of hydrogen-bond acceptors (Lipinski definition) is 8. The van der Waals surface area contributed by atoms with Crippen LogP contribution in [0.15, 0.2) is 69.3 Å². The fourth-order valence-corrected chi connectivity index (χ4v) is 8.81. The summed E-state index contributed by atoms with van der Waals surface area (Å²) in [6.07, 6.45) is 0.105. The minimum absolute atomic E-state index is 0.105. The summed E-state index contributed by atoms with van der Waals surface area (Å²) < 4.78 is 47.9. The second kappa shape index (κ2) is 15.8. The first-order valence-electron chi connectivity index (χ1n) is 18.9. The molecule has 0 unspecified atom stereocenters. The van der Waals surface area contributed by atoms with E-state index in [0.717, 1.165) is 0 Å². The Morgan fingerprint density at radius 3 is 0.981 bits per heavy atom. The van der Waals surface area contributed by atoms with Crippen LogP contribution in [-0.4, -0.2) is 39.6 Å². The first-order valence-corrected chi connectivity index (χ1v) is 20.5. The number of carbonyl (C=O) groups excluding carboxylic acids is 1. The molecular weight excluding hydrogens is 701 g/mol. The molecule has 0 aliphatic rings. The molecule has 0 amide bonds. The maximum Gasteiger partial charge on any atom is 0.316 e. The Morgan fingerprint density at radius 1 is 0.463 bits per heavy atom. The Balaban J connectivity index is 2.89. The van der Waals surface area contributed by atoms with Crippen molar-refractivity contribution in [2.24, 2.45) is 0 Å². The summed E-state index contributed by atoms with van der Waals surface area (Å²) >= 11 is 0. The highest BCUT2D eigenvalue weighted by atomic mass is 32.3. The van der Waals surface area contributed by atoms with Crippen LogP contribution in [0.5, 0.6) is 34.5 Å². The Morgan fingerprint density at radius 2 is 0.741 bits per heavy atom. The quantitative estimate of drug-likeness (QED) is 0.191. The SMILES string of the molecule is CCC(=O)OS(c1ccccc1)(c1c(OC(C)(C)C)cc(OC(C)(C)C)cc1OC(C)(C)C)c1c(OC(C)(C)C)cc(OC(C)(C)C)cc1OC(C)(C)C. The van der Waals surface area contributed by atoms with Crippen molar-refractivity contribution in [1.82, 2.24) is 0 Å². The Bertz CT molecular complexity index is 1560. The maximum absolute atomic E-state index is 14.2. The molecule has 302 valence electrons. The normalized spacial score (nSPS) is 13.5. The molecule has 0 spiro atoms. The van der Waals surface area contributed by atoms with Crippen molar-refractivity contribution in [1.29, 1.82) is 0 Å². The number of ether oxygens (including phenoxy) is 6. The topological polar surface area (TPSA) is 81.7 Å². The second-order valence-electron chi connectivity index (χ2n) is 19.5. The number of rotatable bonds is 11. The first kappa shape index (κ1) is 44.7. The van der Waals surface area contributed by atoms with Gasteiger partial charge in [-0.15, -0.1) is 0 Å². The monoisotopic (exact) mass is 768 g/mol. The summed E-state index contributed by atoms with van der Waals surface area (Å²) in [6.45, 7) is 37.5. The van der Waals surface area contributed by atoms with Crippen molar-refractivity contribution >= 4 is 16.3 Å². The lowest BCUT2D eigenvalue weighted by Crippen LogP contribution is -2.29. The number of hydrogen-bond donors (Lipinski definition) is 0. The molecule has 0 N–H and O–H groups in total. The van der Waals surface area contributed by atoms with Gasteiger partial charge in [0.15, 0.2) is 0 Å². The van der Waals surface area contributed by atoms with Gasteiger partial charge in [-0.2, -0.15) is 0 Å². The highest BCUT2D eigenvalue weighted by molar-refractivity contribution is 8.30. The van der Waals surface area contributed by atoms with Crippen molar-refractivity contribution in [2.45, 2.75) is 186 Å². The van der Waals surface area contributed by atoms with Gasteiger partial charge in [0.05, 0.1) is 0 Å². The molecule has 3 aromatic carbocycles. The molecule has 0 radical (unpaired) electrons. The summed E-state index contributed by atoms with van der Waals surface area (Å²) in [4.78, 5) is 16.0. The van der Waals surface area contributed by atoms with E-state index in [1.165, 1.54) is 0 Å². The van der Waals surface area contributed by atoms with Crippen LogP contribution in [0.4, 0.5) is 0 Å². The van der Waals surface area contributed by atoms with Crippen LogP contribution >= 0.6 is 10.3 Å². The molecule has 8 nitrogen and oxygen atoms in total. The molecule has 0 atom stereocenters. The van der Waals surface area contributed by atoms with Crippen LogP contribution in [0.25, 0.3) is 0 Å². The zero-order valence-electron chi connectivity index (χ0n) is 36.6. The minimum Gasteiger partial charge on any atom is -0.488 e. The number of carbonyl (C=O) groups is 1. The zero-order chi connectivity index (χ0) is 41.3. The molecule has 0 heterocycles. The van der Waals surface area contributed by atoms with Gasteiger partial charge in [0.1, 0.15) is 77.9 Å². The Labute approximate surface area is 328 Å². The number of benzene rings is 3. The van der Waals surface area contributed by atoms with E-state index < -0.39 is 49.9 Å². The third kappa shape index (κ3) is 13.0. The van der Waals surface area contributed by atoms with Gasteiger partial charge in [-0.3, -0.25) is 4.79 Å². The summed E-state index contributed by atoms with van der Waals surface area (Å²) in [6, 6.07) is 17.3. The fraction of sp³-hybridized carbons (Fsp3) is 0.578. The molecule has 0 fully saturated rings. The first-order chi connectivity index (χ1) is 24.3. The van der Waals surface area contributed by atoms with Gasteiger partial charge < -0.3 is 32.6 Å². The van der Waals surface area contributed by atoms with E-state index in [0.29, 0.717) is 49.2 Å². The van der Waals surface area contributed by atoms with Crippen LogP contribution in [0.3, 0.4) is 0 Å². The van der Waals surface area contributed by atoms with Crippen molar-refractivity contribution in [3.63, 3.8) is 0 Å². The highest BCUT2D eigenvalue weighted by Crippen LogP contribution is 2.78. The van der Waals surface area contributed by atoms with Crippen LogP contribution < -0.4 is 28.4 Å². The predicted octanol–water partition coefficient (Wildman–Crippen LogP) is 12.9. The molecule has 3 rings (SSSR count). The molecule has 54 heavy (non-hydrogen) atoms. The molecule has 0 aromatic heterocycles. The summed E-state index contributed by atoms with van der Waals surface area (Å²) in [7, 11) is -3.24. The zero-order valence-corrected chi connectivity index (χ0v) is 37.4. The molecule has 0 aliphatic heterocycles. The van der Waals surface area contributed by atoms with Gasteiger partial charge in [-0.1, -0.05) is 25.1 Å². The van der Waals surface area contributed by atoms with Crippen LogP contribution in [0.1, 0.15) is 138 Å². The molecule has 0 aliphatic carbocycles. The van der Waals surface area contributed by atoms with E-state index in [-0.39, 0.29) is 6.42 Å². The Kier molecular flexibility index (Phi) is 13.1. The second-order valence-corrected chi connectivity index (χ2v) is 22.0. The van der Waals surface area contributed by atoms with Crippen molar-refractivity contribution < 1.29 is 37.4 Å². The molecule has 0 bridgehead atoms. The van der Waals surface area contributed by atoms with Crippen molar-refractivity contribution in [3.8, 4) is 34.5 Å². The molecule has 0 saturated carbocycles. The summed E-state index contributed by atoms with van der Waals surface area (Å²) in [5, 5.41) is 0. The van der Waals surface area contributed by atoms with Crippen LogP contribution in [-0.2, 0) is 8.98 Å². The maximum atomic E-state index is 14.2. The van der Waals surface area contributed by atoms with E-state index in [1.807, 2.05) is 179 Å². The molecular formula is C45H68O8S. The largest absolute Gasteiger partial charge is 0.488 e. The predicted molar refractivity (Wildman–Crippen MR) is 220 cm³/mol. The van der Waals surface area contributed by atoms with Crippen LogP contribution in [0.2, 0.25) is 0 Å². The van der Waals surface area contributed by atoms with Gasteiger partial charge in [0.25, 0.3) is 0 Å². The van der Waals surface area contributed by atoms with Crippen molar-refractivity contribution in [2.75, 3.05) is 0 Å². The van der Waals surface area contributed by atoms with E-state index >= 15 is 0 Å². The molecule has 9 heteroatoms. The van der Waals surface area contributed by atoms with Gasteiger partial charge >= 0.3 is 5.97 Å². The van der Waals surface area contributed by atoms with Crippen LogP contribution in [0, 0.1) is 0 Å².